The third kappa shape index (κ3) is 6.63. The molecule has 156 valence electrons. The van der Waals surface area contributed by atoms with E-state index in [0.717, 1.165) is 5.56 Å². The molecule has 0 aliphatic carbocycles. The van der Waals surface area contributed by atoms with E-state index in [9.17, 15) is 9.59 Å². The van der Waals surface area contributed by atoms with Crippen LogP contribution in [0.5, 0.6) is 0 Å². The lowest BCUT2D eigenvalue weighted by Crippen LogP contribution is -2.50. The monoisotopic (exact) mass is 454 g/mol. The second kappa shape index (κ2) is 10.9. The molecule has 0 unspecified atom stereocenters. The van der Waals surface area contributed by atoms with Crippen LogP contribution in [0.2, 0.25) is 15.1 Å². The second-order valence-electron chi connectivity index (χ2n) is 7.12. The fourth-order valence-corrected chi connectivity index (χ4v) is 3.81. The molecule has 0 radical (unpaired) electrons. The van der Waals surface area contributed by atoms with Crippen molar-refractivity contribution in [3.05, 3.63) is 68.7 Å². The first-order valence-corrected chi connectivity index (χ1v) is 10.6. The molecule has 0 heterocycles. The average Bonchev–Trinajstić information content (AvgIpc) is 2.63. The lowest BCUT2D eigenvalue weighted by Gasteiger charge is -2.32. The molecule has 0 spiro atoms. The zero-order valence-corrected chi connectivity index (χ0v) is 19.0. The maximum Gasteiger partial charge on any atom is 0.243 e. The van der Waals surface area contributed by atoms with Crippen molar-refractivity contribution in [1.82, 2.24) is 10.2 Å². The summed E-state index contributed by atoms with van der Waals surface area (Å²) in [7, 11) is 0. The highest BCUT2D eigenvalue weighted by Gasteiger charge is 2.30. The fourth-order valence-electron chi connectivity index (χ4n) is 3.08. The number of nitrogens with zero attached hydrogens (tertiary/aromatic N) is 1. The number of halogens is 3. The Labute approximate surface area is 187 Å². The van der Waals surface area contributed by atoms with Crippen molar-refractivity contribution < 1.29 is 9.59 Å². The summed E-state index contributed by atoms with van der Waals surface area (Å²) in [6.45, 7) is 5.78. The van der Waals surface area contributed by atoms with Crippen LogP contribution in [0.1, 0.15) is 38.3 Å². The van der Waals surface area contributed by atoms with E-state index in [4.69, 9.17) is 34.8 Å². The van der Waals surface area contributed by atoms with Crippen molar-refractivity contribution in [2.45, 2.75) is 52.2 Å². The Morgan fingerprint density at radius 2 is 1.66 bits per heavy atom. The topological polar surface area (TPSA) is 49.4 Å². The van der Waals surface area contributed by atoms with Gasteiger partial charge in [-0.15, -0.1) is 0 Å². The molecule has 0 aromatic heterocycles. The fraction of sp³-hybridized carbons (Fsp3) is 0.364. The van der Waals surface area contributed by atoms with Crippen molar-refractivity contribution >= 4 is 46.6 Å². The minimum Gasteiger partial charge on any atom is -0.352 e. The van der Waals surface area contributed by atoms with E-state index >= 15 is 0 Å². The van der Waals surface area contributed by atoms with Gasteiger partial charge in [-0.1, -0.05) is 59.9 Å². The van der Waals surface area contributed by atoms with Crippen molar-refractivity contribution in [2.75, 3.05) is 0 Å². The quantitative estimate of drug-likeness (QED) is 0.569. The van der Waals surface area contributed by atoms with Crippen LogP contribution in [0.3, 0.4) is 0 Å². The highest BCUT2D eigenvalue weighted by atomic mass is 35.5. The minimum atomic E-state index is -0.642. The van der Waals surface area contributed by atoms with Crippen LogP contribution in [0.25, 0.3) is 0 Å². The average molecular weight is 456 g/mol. The molecule has 2 amide bonds. The maximum atomic E-state index is 13.3. The molecule has 2 rings (SSSR count). The number of rotatable bonds is 8. The molecule has 0 fully saturated rings. The van der Waals surface area contributed by atoms with E-state index < -0.39 is 6.04 Å². The van der Waals surface area contributed by atoms with Crippen molar-refractivity contribution in [3.63, 3.8) is 0 Å². The number of benzene rings is 2. The van der Waals surface area contributed by atoms with Crippen molar-refractivity contribution in [1.29, 1.82) is 0 Å². The van der Waals surface area contributed by atoms with Crippen LogP contribution >= 0.6 is 34.8 Å². The summed E-state index contributed by atoms with van der Waals surface area (Å²) >= 11 is 18.7. The van der Waals surface area contributed by atoms with Crippen LogP contribution in [0.15, 0.2) is 42.5 Å². The second-order valence-corrected chi connectivity index (χ2v) is 8.37. The molecule has 2 aromatic rings. The summed E-state index contributed by atoms with van der Waals surface area (Å²) < 4.78 is 0. The molecule has 0 bridgehead atoms. The summed E-state index contributed by atoms with van der Waals surface area (Å²) in [5.74, 6) is -0.404. The number of carbonyl (C=O) groups is 2. The number of hydrogen-bond acceptors (Lipinski definition) is 2. The van der Waals surface area contributed by atoms with Gasteiger partial charge in [-0.3, -0.25) is 9.59 Å². The van der Waals surface area contributed by atoms with E-state index in [1.165, 1.54) is 0 Å². The minimum absolute atomic E-state index is 0.0367. The van der Waals surface area contributed by atoms with Crippen molar-refractivity contribution in [3.8, 4) is 0 Å². The van der Waals surface area contributed by atoms with Crippen LogP contribution in [-0.2, 0) is 22.6 Å². The summed E-state index contributed by atoms with van der Waals surface area (Å²) in [5.41, 5.74) is 1.39. The van der Waals surface area contributed by atoms with Crippen LogP contribution in [0, 0.1) is 0 Å². The SMILES string of the molecule is CC[C@H](C(=O)NC(C)C)N(Cc1c(Cl)cccc1Cl)C(=O)Cc1cccc(Cl)c1. The summed E-state index contributed by atoms with van der Waals surface area (Å²) in [6, 6.07) is 11.6. The summed E-state index contributed by atoms with van der Waals surface area (Å²) in [5, 5.41) is 4.36. The predicted molar refractivity (Wildman–Crippen MR) is 120 cm³/mol. The number of nitrogens with one attached hydrogen (secondary N) is 1. The highest BCUT2D eigenvalue weighted by Crippen LogP contribution is 2.27. The van der Waals surface area contributed by atoms with E-state index in [1.807, 2.05) is 26.8 Å². The van der Waals surface area contributed by atoms with E-state index in [-0.39, 0.29) is 30.8 Å². The molecule has 2 aromatic carbocycles. The highest BCUT2D eigenvalue weighted by molar-refractivity contribution is 6.36. The molecule has 0 saturated heterocycles. The molecule has 0 aliphatic heterocycles. The van der Waals surface area contributed by atoms with Gasteiger partial charge in [-0.05, 0) is 50.1 Å². The Morgan fingerprint density at radius 1 is 1.03 bits per heavy atom. The van der Waals surface area contributed by atoms with Gasteiger partial charge in [0.1, 0.15) is 6.04 Å². The van der Waals surface area contributed by atoms with Gasteiger partial charge >= 0.3 is 0 Å². The number of hydrogen-bond donors (Lipinski definition) is 1. The number of amides is 2. The van der Waals surface area contributed by atoms with Gasteiger partial charge in [0, 0.05) is 33.2 Å². The molecular formula is C22H25Cl3N2O2. The largest absolute Gasteiger partial charge is 0.352 e. The Hall–Kier alpha value is -1.75. The molecule has 4 nitrogen and oxygen atoms in total. The van der Waals surface area contributed by atoms with Crippen LogP contribution in [-0.4, -0.2) is 28.8 Å². The first-order valence-electron chi connectivity index (χ1n) is 9.50. The van der Waals surface area contributed by atoms with E-state index in [0.29, 0.717) is 27.1 Å². The number of carbonyl (C=O) groups excluding carboxylic acids is 2. The van der Waals surface area contributed by atoms with Gasteiger partial charge < -0.3 is 10.2 Å². The molecule has 29 heavy (non-hydrogen) atoms. The van der Waals surface area contributed by atoms with Crippen LogP contribution < -0.4 is 5.32 Å². The zero-order chi connectivity index (χ0) is 21.6. The Bertz CT molecular complexity index is 851. The van der Waals surface area contributed by atoms with E-state index in [2.05, 4.69) is 5.32 Å². The first kappa shape index (κ1) is 23.5. The molecule has 1 atom stereocenters. The third-order valence-electron chi connectivity index (χ3n) is 4.45. The van der Waals surface area contributed by atoms with Crippen molar-refractivity contribution in [2.24, 2.45) is 0 Å². The van der Waals surface area contributed by atoms with Crippen LogP contribution in [0.4, 0.5) is 0 Å². The Balaban J connectivity index is 2.37. The summed E-state index contributed by atoms with van der Waals surface area (Å²) in [6.07, 6.45) is 0.579. The normalized spacial score (nSPS) is 12.0. The lowest BCUT2D eigenvalue weighted by atomic mass is 10.1. The van der Waals surface area contributed by atoms with Gasteiger partial charge in [0.25, 0.3) is 0 Å². The smallest absolute Gasteiger partial charge is 0.243 e. The molecule has 0 saturated carbocycles. The standard InChI is InChI=1S/C22H25Cl3N2O2/c1-4-20(22(29)26-14(2)3)27(13-17-18(24)9-6-10-19(17)25)21(28)12-15-7-5-8-16(23)11-15/h5-11,14,20H,4,12-13H2,1-3H3,(H,26,29)/t20-/m1/s1. The zero-order valence-electron chi connectivity index (χ0n) is 16.7. The van der Waals surface area contributed by atoms with Gasteiger partial charge in [-0.2, -0.15) is 0 Å². The van der Waals surface area contributed by atoms with Gasteiger partial charge in [0.05, 0.1) is 6.42 Å². The Kier molecular flexibility index (Phi) is 8.81. The molecule has 0 aliphatic rings. The van der Waals surface area contributed by atoms with E-state index in [1.54, 1.807) is 41.3 Å². The van der Waals surface area contributed by atoms with Gasteiger partial charge in [0.15, 0.2) is 0 Å². The molecular weight excluding hydrogens is 431 g/mol. The Morgan fingerprint density at radius 3 is 2.21 bits per heavy atom. The molecule has 7 heteroatoms. The van der Waals surface area contributed by atoms with Gasteiger partial charge in [-0.25, -0.2) is 0 Å². The van der Waals surface area contributed by atoms with Gasteiger partial charge in [0.2, 0.25) is 11.8 Å². The summed E-state index contributed by atoms with van der Waals surface area (Å²) in [4.78, 5) is 27.6. The maximum absolute atomic E-state index is 13.3. The predicted octanol–water partition coefficient (Wildman–Crippen LogP) is 5.52. The molecule has 1 N–H and O–H groups in total. The lowest BCUT2D eigenvalue weighted by molar-refractivity contribution is -0.141. The first-order chi connectivity index (χ1) is 13.7. The third-order valence-corrected chi connectivity index (χ3v) is 5.39.